The Kier molecular flexibility index (Phi) is 27.3. The van der Waals surface area contributed by atoms with Gasteiger partial charge in [-0.05, 0) is 317 Å². The van der Waals surface area contributed by atoms with Gasteiger partial charge in [-0.25, -0.2) is 22.8 Å². The summed E-state index contributed by atoms with van der Waals surface area (Å²) in [6.07, 6.45) is 25.4. The Morgan fingerprint density at radius 1 is 0.252 bits per heavy atom. The van der Waals surface area contributed by atoms with E-state index < -0.39 is 0 Å². The van der Waals surface area contributed by atoms with Crippen LogP contribution in [0.25, 0.3) is 110 Å². The van der Waals surface area contributed by atoms with Gasteiger partial charge >= 0.3 is 0 Å². The second kappa shape index (κ2) is 37.4. The highest BCUT2D eigenvalue weighted by Crippen LogP contribution is 2.42. The van der Waals surface area contributed by atoms with Crippen LogP contribution in [0.3, 0.4) is 0 Å². The van der Waals surface area contributed by atoms with Crippen LogP contribution >= 0.6 is 0 Å². The fourth-order valence-electron chi connectivity index (χ4n) is 19.9. The average Bonchev–Trinajstić information content (AvgIpc) is 1.57. The first-order valence-corrected chi connectivity index (χ1v) is 45.7. The zero-order valence-electron chi connectivity index (χ0n) is 80.0. The van der Waals surface area contributed by atoms with Gasteiger partial charge in [-0.3, -0.25) is 0 Å². The van der Waals surface area contributed by atoms with E-state index in [4.69, 9.17) is 0 Å². The molecule has 0 unspecified atom stereocenters. The molecule has 2 aliphatic carbocycles. The standard InChI is InChI=1S/C25H30N.C24H28N.C24H30N.C23H28N.C22H26N/c1-16-12-17(2)19(4)24(13-16)25-22-11-10-21(20-8-6-7-9-20)14-23(22)18(3)15-26(25)5;1-16-9-10-17(2)23(13-16)24-21-12-11-20(19-7-5-6-8-19)14-22(21)18(3)15-25(24)4;1-16-12-17(2)18(3)22(13-16)23-21-9-8-19(15-24(4,5)6)14-20(21)10-11-25(23)7;1-16-7-8-17(2)21(13-16)22-20-10-9-18(15-23(3,4)5)14-19(20)11-12-24(22)6;1-16-8-6-7-9-19(16)21-20-11-10-17(15-22(2,3)4)14-18(20)12-13-23(21)5/h10-15,20H,6-9H2,1-5H3;9-15,19H,5-8H2,1-4H3;8-14H,15H2,1-7H3;7-14H,15H2,1-6H3;6-14H,15H2,1-5H3/q5*+1. The van der Waals surface area contributed by atoms with Gasteiger partial charge in [0.1, 0.15) is 35.2 Å². The summed E-state index contributed by atoms with van der Waals surface area (Å²) in [7, 11) is 10.8. The fraction of sp³-hybridized carbons (Fsp3) is 0.364. The predicted molar refractivity (Wildman–Crippen MR) is 526 cm³/mol. The zero-order chi connectivity index (χ0) is 88.4. The van der Waals surface area contributed by atoms with Gasteiger partial charge in [0.05, 0.1) is 38.1 Å². The lowest BCUT2D eigenvalue weighted by molar-refractivity contribution is -0.659. The van der Waals surface area contributed by atoms with E-state index in [-0.39, 0.29) is 0 Å². The molecule has 0 atom stereocenters. The van der Waals surface area contributed by atoms with Crippen molar-refractivity contribution in [2.45, 2.75) is 235 Å². The quantitative estimate of drug-likeness (QED) is 0.122. The highest BCUT2D eigenvalue weighted by molar-refractivity contribution is 5.99. The first-order valence-electron chi connectivity index (χ1n) is 45.7. The smallest absolute Gasteiger partial charge is 0.200 e. The number of pyridine rings is 5. The van der Waals surface area contributed by atoms with Crippen LogP contribution in [-0.4, -0.2) is 0 Å². The Morgan fingerprint density at radius 3 is 0.919 bits per heavy atom. The number of nitrogens with zero attached hydrogens (tertiary/aromatic N) is 5. The van der Waals surface area contributed by atoms with Crippen molar-refractivity contribution in [1.82, 2.24) is 0 Å². The Balaban J connectivity index is 0.000000132. The maximum Gasteiger partial charge on any atom is 0.220 e. The van der Waals surface area contributed by atoms with Gasteiger partial charge in [0.25, 0.3) is 0 Å². The molecule has 5 heteroatoms. The van der Waals surface area contributed by atoms with E-state index in [0.29, 0.717) is 16.2 Å². The molecule has 2 saturated carbocycles. The topological polar surface area (TPSA) is 19.4 Å². The lowest BCUT2D eigenvalue weighted by Crippen LogP contribution is -2.31. The number of benzene rings is 10. The first-order chi connectivity index (χ1) is 58.2. The number of aromatic nitrogens is 5. The molecule has 0 amide bonds. The van der Waals surface area contributed by atoms with Crippen LogP contribution in [0.5, 0.6) is 0 Å². The van der Waals surface area contributed by atoms with E-state index in [9.17, 15) is 0 Å². The van der Waals surface area contributed by atoms with Gasteiger partial charge < -0.3 is 0 Å². The van der Waals surface area contributed by atoms with E-state index >= 15 is 0 Å². The molecule has 2 aliphatic rings. The summed E-state index contributed by atoms with van der Waals surface area (Å²) < 4.78 is 11.3. The first kappa shape index (κ1) is 90.0. The van der Waals surface area contributed by atoms with Gasteiger partial charge in [0.2, 0.25) is 28.5 Å². The molecule has 0 spiro atoms. The minimum absolute atomic E-state index is 0.306. The molecule has 17 rings (SSSR count). The van der Waals surface area contributed by atoms with Crippen molar-refractivity contribution in [2.24, 2.45) is 51.5 Å². The molecule has 10 aromatic carbocycles. The molecule has 0 aliphatic heterocycles. The number of rotatable bonds is 10. The maximum absolute atomic E-state index is 2.47. The second-order valence-corrected chi connectivity index (χ2v) is 40.9. The summed E-state index contributed by atoms with van der Waals surface area (Å²) in [5.74, 6) is 1.53. The minimum Gasteiger partial charge on any atom is -0.200 e. The molecular formula is C118H142N5+5. The van der Waals surface area contributed by atoms with E-state index in [2.05, 4.69) is 436 Å². The molecule has 0 N–H and O–H groups in total. The number of hydrogen-bond acceptors (Lipinski definition) is 0. The molecule has 0 radical (unpaired) electrons. The highest BCUT2D eigenvalue weighted by Gasteiger charge is 2.28. The molecule has 0 saturated heterocycles. The van der Waals surface area contributed by atoms with Crippen molar-refractivity contribution in [3.8, 4) is 56.3 Å². The summed E-state index contributed by atoms with van der Waals surface area (Å²) in [5, 5.41) is 13.5. The summed E-state index contributed by atoms with van der Waals surface area (Å²) in [5.41, 5.74) is 39.0. The monoisotopic (exact) mass is 1630 g/mol. The Bertz CT molecular complexity index is 6440. The van der Waals surface area contributed by atoms with Crippen LogP contribution in [0.15, 0.2) is 225 Å². The van der Waals surface area contributed by atoms with Gasteiger partial charge in [-0.2, -0.15) is 0 Å². The normalized spacial score (nSPS) is 13.3. The van der Waals surface area contributed by atoms with E-state index in [1.807, 2.05) is 0 Å². The van der Waals surface area contributed by atoms with Crippen molar-refractivity contribution in [3.05, 3.63) is 325 Å². The number of aryl methyl sites for hydroxylation is 16. The molecule has 5 heterocycles. The van der Waals surface area contributed by atoms with Gasteiger partial charge in [0, 0.05) is 46.0 Å². The van der Waals surface area contributed by atoms with E-state index in [0.717, 1.165) is 31.1 Å². The van der Waals surface area contributed by atoms with Gasteiger partial charge in [-0.15, -0.1) is 0 Å². The lowest BCUT2D eigenvalue weighted by Gasteiger charge is -2.18. The van der Waals surface area contributed by atoms with Crippen molar-refractivity contribution in [1.29, 1.82) is 0 Å². The third kappa shape index (κ3) is 21.0. The Morgan fingerprint density at radius 2 is 0.561 bits per heavy atom. The van der Waals surface area contributed by atoms with Crippen LogP contribution in [0.2, 0.25) is 0 Å². The van der Waals surface area contributed by atoms with Crippen molar-refractivity contribution in [3.63, 3.8) is 0 Å². The molecular weight excluding hydrogens is 1490 g/mol. The van der Waals surface area contributed by atoms with E-state index in [1.165, 1.54) is 262 Å². The third-order valence-electron chi connectivity index (χ3n) is 26.2. The SMILES string of the molecule is Cc1cc(C)c(C)c(-c2c3ccc(C4CCCC4)cc3c(C)c[n+]2C)c1.Cc1cc(C)c(C)c(-c2c3ccc(CC(C)(C)C)cc3cc[n+]2C)c1.Cc1ccc(C)c(-c2c3ccc(C4CCCC4)cc3c(C)c[n+]2C)c1.Cc1ccc(C)c(-c2c3ccc(CC(C)(C)C)cc3cc[n+]2C)c1.Cc1ccccc1-c1c2ccc(CC(C)(C)C)cc2cc[n+]1C. The minimum atomic E-state index is 0.306. The summed E-state index contributed by atoms with van der Waals surface area (Å²) >= 11 is 0. The molecule has 2 fully saturated rings. The van der Waals surface area contributed by atoms with Crippen LogP contribution in [0.1, 0.15) is 226 Å². The predicted octanol–water partition coefficient (Wildman–Crippen LogP) is 28.7. The van der Waals surface area contributed by atoms with Crippen LogP contribution in [0.4, 0.5) is 0 Å². The summed E-state index contributed by atoms with van der Waals surface area (Å²) in [6.45, 7) is 49.4. The fourth-order valence-corrected chi connectivity index (χ4v) is 19.9. The Hall–Kier alpha value is -10.8. The summed E-state index contributed by atoms with van der Waals surface area (Å²) in [4.78, 5) is 0. The van der Waals surface area contributed by atoms with E-state index in [1.54, 1.807) is 0 Å². The number of hydrogen-bond donors (Lipinski definition) is 0. The van der Waals surface area contributed by atoms with Gasteiger partial charge in [-0.1, -0.05) is 226 Å². The number of fused-ring (bicyclic) bond motifs is 5. The van der Waals surface area contributed by atoms with Crippen LogP contribution < -0.4 is 22.8 Å². The van der Waals surface area contributed by atoms with Crippen LogP contribution in [-0.2, 0) is 54.5 Å². The summed E-state index contributed by atoms with van der Waals surface area (Å²) in [6, 6.07) is 73.3. The molecule has 5 aromatic heterocycles. The second-order valence-electron chi connectivity index (χ2n) is 40.9. The molecule has 634 valence electrons. The zero-order valence-corrected chi connectivity index (χ0v) is 80.0. The Labute approximate surface area is 739 Å². The average molecular weight is 1630 g/mol. The highest BCUT2D eigenvalue weighted by atomic mass is 14.9. The third-order valence-corrected chi connectivity index (χ3v) is 26.2. The molecule has 123 heavy (non-hydrogen) atoms. The van der Waals surface area contributed by atoms with Crippen molar-refractivity contribution >= 4 is 53.9 Å². The van der Waals surface area contributed by atoms with Crippen molar-refractivity contribution < 1.29 is 22.8 Å². The molecule has 5 nitrogen and oxygen atoms in total. The van der Waals surface area contributed by atoms with Gasteiger partial charge in [0.15, 0.2) is 31.0 Å². The molecule has 15 aromatic rings. The largest absolute Gasteiger partial charge is 0.220 e. The lowest BCUT2D eigenvalue weighted by atomic mass is 9.87. The van der Waals surface area contributed by atoms with Crippen molar-refractivity contribution in [2.75, 3.05) is 0 Å². The maximum atomic E-state index is 2.47. The van der Waals surface area contributed by atoms with Crippen LogP contribution in [0, 0.1) is 106 Å². The molecule has 0 bridgehead atoms.